The summed E-state index contributed by atoms with van der Waals surface area (Å²) >= 11 is 3.35. The van der Waals surface area contributed by atoms with Gasteiger partial charge >= 0.3 is 0 Å². The first kappa shape index (κ1) is 9.33. The number of carbonyl (C=O) groups is 1. The molecule has 1 aliphatic rings. The summed E-state index contributed by atoms with van der Waals surface area (Å²) < 4.78 is 5.96. The van der Waals surface area contributed by atoms with Crippen molar-refractivity contribution in [3.63, 3.8) is 0 Å². The van der Waals surface area contributed by atoms with Crippen LogP contribution >= 0.6 is 15.9 Å². The molecule has 0 spiro atoms. The first-order chi connectivity index (χ1) is 6.70. The average Bonchev–Trinajstić information content (AvgIpc) is 2.16. The molecule has 2 N–H and O–H groups in total. The van der Waals surface area contributed by atoms with Gasteiger partial charge in [0.25, 0.3) is 0 Å². The van der Waals surface area contributed by atoms with Crippen LogP contribution in [-0.4, -0.2) is 19.6 Å². The van der Waals surface area contributed by atoms with Crippen molar-refractivity contribution in [3.05, 3.63) is 16.6 Å². The standard InChI is InChI=1S/C9H9BrN2O2/c1-14-8-3-6-7(2-5(8)10)12-9(13)4-11-6/h2-3,11H,4H2,1H3,(H,12,13). The molecule has 0 fully saturated rings. The van der Waals surface area contributed by atoms with Gasteiger partial charge < -0.3 is 15.4 Å². The maximum Gasteiger partial charge on any atom is 0.243 e. The molecule has 1 aromatic rings. The lowest BCUT2D eigenvalue weighted by Gasteiger charge is -2.19. The van der Waals surface area contributed by atoms with Gasteiger partial charge in [-0.05, 0) is 22.0 Å². The number of benzene rings is 1. The summed E-state index contributed by atoms with van der Waals surface area (Å²) in [4.78, 5) is 11.1. The summed E-state index contributed by atoms with van der Waals surface area (Å²) in [7, 11) is 1.61. The predicted molar refractivity (Wildman–Crippen MR) is 57.8 cm³/mol. The van der Waals surface area contributed by atoms with Crippen LogP contribution in [-0.2, 0) is 4.79 Å². The van der Waals surface area contributed by atoms with Gasteiger partial charge in [-0.3, -0.25) is 4.79 Å². The third-order valence-electron chi connectivity index (χ3n) is 2.01. The normalized spacial score (nSPS) is 14.0. The number of carbonyl (C=O) groups excluding carboxylic acids is 1. The fourth-order valence-corrected chi connectivity index (χ4v) is 1.83. The number of hydrogen-bond acceptors (Lipinski definition) is 3. The lowest BCUT2D eigenvalue weighted by Crippen LogP contribution is -2.27. The van der Waals surface area contributed by atoms with Crippen molar-refractivity contribution < 1.29 is 9.53 Å². The summed E-state index contributed by atoms with van der Waals surface area (Å²) in [5, 5.41) is 5.77. The van der Waals surface area contributed by atoms with Gasteiger partial charge in [0.15, 0.2) is 0 Å². The molecular formula is C9H9BrN2O2. The third kappa shape index (κ3) is 1.55. The molecule has 0 radical (unpaired) electrons. The summed E-state index contributed by atoms with van der Waals surface area (Å²) in [6, 6.07) is 3.66. The summed E-state index contributed by atoms with van der Waals surface area (Å²) in [6.45, 7) is 0.303. The first-order valence-electron chi connectivity index (χ1n) is 4.12. The van der Waals surface area contributed by atoms with Crippen LogP contribution in [0.1, 0.15) is 0 Å². The zero-order valence-corrected chi connectivity index (χ0v) is 9.14. The van der Waals surface area contributed by atoms with Crippen LogP contribution in [0, 0.1) is 0 Å². The van der Waals surface area contributed by atoms with Gasteiger partial charge in [-0.15, -0.1) is 0 Å². The molecule has 4 nitrogen and oxygen atoms in total. The molecule has 14 heavy (non-hydrogen) atoms. The number of ether oxygens (including phenoxy) is 1. The molecular weight excluding hydrogens is 248 g/mol. The highest BCUT2D eigenvalue weighted by Crippen LogP contribution is 2.35. The van der Waals surface area contributed by atoms with E-state index in [-0.39, 0.29) is 5.91 Å². The number of hydrogen-bond donors (Lipinski definition) is 2. The number of nitrogens with one attached hydrogen (secondary N) is 2. The highest BCUT2D eigenvalue weighted by molar-refractivity contribution is 9.10. The van der Waals surface area contributed by atoms with Crippen molar-refractivity contribution in [1.29, 1.82) is 0 Å². The van der Waals surface area contributed by atoms with E-state index < -0.39 is 0 Å². The Kier molecular flexibility index (Phi) is 2.33. The van der Waals surface area contributed by atoms with Gasteiger partial charge in [0.1, 0.15) is 5.75 Å². The minimum absolute atomic E-state index is 0.0328. The zero-order valence-electron chi connectivity index (χ0n) is 7.56. The van der Waals surface area contributed by atoms with Gasteiger partial charge in [-0.25, -0.2) is 0 Å². The lowest BCUT2D eigenvalue weighted by molar-refractivity contribution is -0.114. The van der Waals surface area contributed by atoms with Crippen LogP contribution in [0.5, 0.6) is 5.75 Å². The summed E-state index contributed by atoms with van der Waals surface area (Å²) in [6.07, 6.45) is 0. The van der Waals surface area contributed by atoms with Gasteiger partial charge in [-0.2, -0.15) is 0 Å². The van der Waals surface area contributed by atoms with E-state index in [0.29, 0.717) is 6.54 Å². The number of rotatable bonds is 1. The van der Waals surface area contributed by atoms with Crippen molar-refractivity contribution in [1.82, 2.24) is 0 Å². The molecule has 0 unspecified atom stereocenters. The Morgan fingerprint density at radius 3 is 2.93 bits per heavy atom. The summed E-state index contributed by atoms with van der Waals surface area (Å²) in [5.74, 6) is 0.710. The molecule has 0 aliphatic carbocycles. The lowest BCUT2D eigenvalue weighted by atomic mass is 10.2. The van der Waals surface area contributed by atoms with Gasteiger partial charge in [0.05, 0.1) is 29.5 Å². The molecule has 74 valence electrons. The number of anilines is 2. The van der Waals surface area contributed by atoms with Gasteiger partial charge in [-0.1, -0.05) is 0 Å². The smallest absolute Gasteiger partial charge is 0.243 e. The molecule has 1 heterocycles. The van der Waals surface area contributed by atoms with E-state index in [1.165, 1.54) is 0 Å². The highest BCUT2D eigenvalue weighted by Gasteiger charge is 2.16. The molecule has 1 amide bonds. The molecule has 2 rings (SSSR count). The minimum Gasteiger partial charge on any atom is -0.495 e. The van der Waals surface area contributed by atoms with Crippen molar-refractivity contribution in [3.8, 4) is 5.75 Å². The van der Waals surface area contributed by atoms with Crippen LogP contribution in [0.15, 0.2) is 16.6 Å². The minimum atomic E-state index is -0.0328. The number of amides is 1. The SMILES string of the molecule is COc1cc2c(cc1Br)NC(=O)CN2. The molecule has 0 bridgehead atoms. The molecule has 0 saturated carbocycles. The van der Waals surface area contributed by atoms with E-state index in [4.69, 9.17) is 4.74 Å². The van der Waals surface area contributed by atoms with Gasteiger partial charge in [0, 0.05) is 6.07 Å². The Hall–Kier alpha value is -1.23. The Morgan fingerprint density at radius 1 is 1.43 bits per heavy atom. The second-order valence-electron chi connectivity index (χ2n) is 2.93. The van der Waals surface area contributed by atoms with E-state index in [1.54, 1.807) is 7.11 Å². The van der Waals surface area contributed by atoms with Crippen LogP contribution in [0.25, 0.3) is 0 Å². The molecule has 1 aromatic carbocycles. The fourth-order valence-electron chi connectivity index (χ4n) is 1.33. The number of methoxy groups -OCH3 is 1. The topological polar surface area (TPSA) is 50.4 Å². The molecule has 1 aliphatic heterocycles. The van der Waals surface area contributed by atoms with Crippen molar-refractivity contribution in [2.45, 2.75) is 0 Å². The first-order valence-corrected chi connectivity index (χ1v) is 4.91. The average molecular weight is 257 g/mol. The number of halogens is 1. The molecule has 5 heteroatoms. The van der Waals surface area contributed by atoms with E-state index in [2.05, 4.69) is 26.6 Å². The summed E-state index contributed by atoms with van der Waals surface area (Å²) in [5.41, 5.74) is 1.65. The largest absolute Gasteiger partial charge is 0.495 e. The third-order valence-corrected chi connectivity index (χ3v) is 2.63. The molecule has 0 aromatic heterocycles. The zero-order chi connectivity index (χ0) is 10.1. The molecule has 0 saturated heterocycles. The second kappa shape index (κ2) is 3.49. The Morgan fingerprint density at radius 2 is 2.21 bits per heavy atom. The van der Waals surface area contributed by atoms with Crippen molar-refractivity contribution in [2.24, 2.45) is 0 Å². The maximum absolute atomic E-state index is 11.1. The van der Waals surface area contributed by atoms with E-state index in [9.17, 15) is 4.79 Å². The van der Waals surface area contributed by atoms with Crippen molar-refractivity contribution >= 4 is 33.2 Å². The van der Waals surface area contributed by atoms with Crippen molar-refractivity contribution in [2.75, 3.05) is 24.3 Å². The second-order valence-corrected chi connectivity index (χ2v) is 3.79. The van der Waals surface area contributed by atoms with Crippen LogP contribution in [0.4, 0.5) is 11.4 Å². The van der Waals surface area contributed by atoms with E-state index in [1.807, 2.05) is 12.1 Å². The van der Waals surface area contributed by atoms with E-state index >= 15 is 0 Å². The predicted octanol–water partition coefficient (Wildman–Crippen LogP) is 1.82. The maximum atomic E-state index is 11.1. The monoisotopic (exact) mass is 256 g/mol. The Balaban J connectivity index is 2.45. The Labute approximate surface area is 89.8 Å². The van der Waals surface area contributed by atoms with Crippen LogP contribution in [0.2, 0.25) is 0 Å². The van der Waals surface area contributed by atoms with Crippen LogP contribution < -0.4 is 15.4 Å². The fraction of sp³-hybridized carbons (Fsp3) is 0.222. The quantitative estimate of drug-likeness (QED) is 0.806. The van der Waals surface area contributed by atoms with Gasteiger partial charge in [0.2, 0.25) is 5.91 Å². The Bertz CT molecular complexity index is 393. The van der Waals surface area contributed by atoms with E-state index in [0.717, 1.165) is 21.6 Å². The number of fused-ring (bicyclic) bond motifs is 1. The molecule has 0 atom stereocenters. The highest BCUT2D eigenvalue weighted by atomic mass is 79.9. The van der Waals surface area contributed by atoms with Crippen LogP contribution in [0.3, 0.4) is 0 Å².